The molecule has 0 aromatic carbocycles. The quantitative estimate of drug-likeness (QED) is 0.568. The molecule has 0 atom stereocenters. The van der Waals surface area contributed by atoms with Crippen molar-refractivity contribution < 1.29 is 4.52 Å². The molecule has 8 nitrogen and oxygen atoms in total. The predicted molar refractivity (Wildman–Crippen MR) is 89.9 cm³/mol. The topological polar surface area (TPSA) is 86.9 Å². The summed E-state index contributed by atoms with van der Waals surface area (Å²) in [6, 6.07) is 2.04. The maximum atomic E-state index is 5.24. The molecule has 0 N–H and O–H groups in total. The summed E-state index contributed by atoms with van der Waals surface area (Å²) in [5.74, 6) is 1.78. The molecule has 0 aliphatic heterocycles. The van der Waals surface area contributed by atoms with E-state index in [4.69, 9.17) is 4.52 Å². The summed E-state index contributed by atoms with van der Waals surface area (Å²) < 4.78 is 8.82. The van der Waals surface area contributed by atoms with Gasteiger partial charge in [0.2, 0.25) is 10.8 Å². The van der Waals surface area contributed by atoms with E-state index in [1.54, 1.807) is 4.52 Å². The Hall–Kier alpha value is -2.55. The molecule has 0 aliphatic carbocycles. The second-order valence-electron chi connectivity index (χ2n) is 6.06. The third kappa shape index (κ3) is 2.15. The van der Waals surface area contributed by atoms with Crippen molar-refractivity contribution in [1.82, 2.24) is 34.7 Å². The summed E-state index contributed by atoms with van der Waals surface area (Å²) >= 11 is 1.47. The number of aromatic nitrogens is 7. The smallest absolute Gasteiger partial charge is 0.235 e. The lowest BCUT2D eigenvalue weighted by Gasteiger charge is -1.97. The molecule has 24 heavy (non-hydrogen) atoms. The lowest BCUT2D eigenvalue weighted by atomic mass is 10.1. The van der Waals surface area contributed by atoms with E-state index in [9.17, 15) is 0 Å². The van der Waals surface area contributed by atoms with Crippen LogP contribution in [-0.4, -0.2) is 34.7 Å². The van der Waals surface area contributed by atoms with E-state index in [1.807, 2.05) is 31.6 Å². The average molecular weight is 343 g/mol. The van der Waals surface area contributed by atoms with Crippen LogP contribution in [0.25, 0.3) is 27.1 Å². The minimum absolute atomic E-state index is 0.349. The first-order valence-corrected chi connectivity index (χ1v) is 8.47. The lowest BCUT2D eigenvalue weighted by Crippen LogP contribution is -1.99. The fraction of sp³-hybridized carbons (Fsp3) is 0.400. The summed E-state index contributed by atoms with van der Waals surface area (Å²) in [6.45, 7) is 8.02. The van der Waals surface area contributed by atoms with Gasteiger partial charge in [0.15, 0.2) is 5.01 Å². The zero-order chi connectivity index (χ0) is 17.0. The van der Waals surface area contributed by atoms with Gasteiger partial charge in [-0.25, -0.2) is 0 Å². The van der Waals surface area contributed by atoms with Gasteiger partial charge in [-0.05, 0) is 25.8 Å². The Labute approximate surface area is 142 Å². The standard InChI is InChI=1S/C15H17N7OS/c1-7(2)10-6-11(21(5)18-10)13-16-17-15-22(13)19-14(24-15)12-8(3)20-23-9(12)4/h6-7H,1-5H3. The molecule has 4 aromatic heterocycles. The molecule has 4 heterocycles. The van der Waals surface area contributed by atoms with Gasteiger partial charge in [-0.1, -0.05) is 30.3 Å². The van der Waals surface area contributed by atoms with Crippen molar-refractivity contribution in [3.63, 3.8) is 0 Å². The highest BCUT2D eigenvalue weighted by molar-refractivity contribution is 7.19. The maximum absolute atomic E-state index is 5.24. The fourth-order valence-electron chi connectivity index (χ4n) is 2.65. The number of hydrogen-bond acceptors (Lipinski definition) is 7. The summed E-state index contributed by atoms with van der Waals surface area (Å²) in [4.78, 5) is 0.729. The van der Waals surface area contributed by atoms with Gasteiger partial charge in [-0.3, -0.25) is 4.68 Å². The molecule has 124 valence electrons. The number of fused-ring (bicyclic) bond motifs is 1. The normalized spacial score (nSPS) is 11.9. The van der Waals surface area contributed by atoms with Gasteiger partial charge in [0.25, 0.3) is 0 Å². The minimum atomic E-state index is 0.349. The highest BCUT2D eigenvalue weighted by Gasteiger charge is 2.21. The van der Waals surface area contributed by atoms with Crippen molar-refractivity contribution in [2.24, 2.45) is 7.05 Å². The van der Waals surface area contributed by atoms with Crippen LogP contribution in [0, 0.1) is 13.8 Å². The molecule has 9 heteroatoms. The van der Waals surface area contributed by atoms with Crippen molar-refractivity contribution in [2.45, 2.75) is 33.6 Å². The van der Waals surface area contributed by atoms with Crippen molar-refractivity contribution in [3.05, 3.63) is 23.2 Å². The van der Waals surface area contributed by atoms with Gasteiger partial charge < -0.3 is 4.52 Å². The Bertz CT molecular complexity index is 1020. The first-order valence-electron chi connectivity index (χ1n) is 7.65. The summed E-state index contributed by atoms with van der Waals surface area (Å²) in [5.41, 5.74) is 3.65. The van der Waals surface area contributed by atoms with Crippen LogP contribution < -0.4 is 0 Å². The van der Waals surface area contributed by atoms with Crippen LogP contribution in [0.15, 0.2) is 10.6 Å². The number of aryl methyl sites for hydroxylation is 3. The lowest BCUT2D eigenvalue weighted by molar-refractivity contribution is 0.393. The Balaban J connectivity index is 1.87. The molecule has 0 unspecified atom stereocenters. The van der Waals surface area contributed by atoms with E-state index in [1.165, 1.54) is 11.3 Å². The third-order valence-corrected chi connectivity index (χ3v) is 4.87. The van der Waals surface area contributed by atoms with E-state index in [0.717, 1.165) is 38.4 Å². The maximum Gasteiger partial charge on any atom is 0.235 e. The minimum Gasteiger partial charge on any atom is -0.361 e. The number of nitrogens with zero attached hydrogens (tertiary/aromatic N) is 7. The molecule has 4 rings (SSSR count). The Morgan fingerprint density at radius 2 is 1.96 bits per heavy atom. The van der Waals surface area contributed by atoms with Crippen molar-refractivity contribution in [3.8, 4) is 22.1 Å². The van der Waals surface area contributed by atoms with Crippen LogP contribution in [0.5, 0.6) is 0 Å². The van der Waals surface area contributed by atoms with Gasteiger partial charge in [-0.2, -0.15) is 14.7 Å². The average Bonchev–Trinajstić information content (AvgIpc) is 3.23. The highest BCUT2D eigenvalue weighted by Crippen LogP contribution is 2.32. The van der Waals surface area contributed by atoms with Crippen LogP contribution in [0.4, 0.5) is 0 Å². The fourth-order valence-corrected chi connectivity index (χ4v) is 3.63. The SMILES string of the molecule is Cc1noc(C)c1-c1nn2c(-c3cc(C(C)C)nn3C)nnc2s1. The molecule has 0 saturated heterocycles. The Kier molecular flexibility index (Phi) is 3.27. The molecule has 0 amide bonds. The zero-order valence-corrected chi connectivity index (χ0v) is 14.9. The third-order valence-electron chi connectivity index (χ3n) is 3.96. The van der Waals surface area contributed by atoms with E-state index in [-0.39, 0.29) is 0 Å². The molecule has 0 radical (unpaired) electrons. The van der Waals surface area contributed by atoms with Crippen LogP contribution in [-0.2, 0) is 7.05 Å². The van der Waals surface area contributed by atoms with E-state index >= 15 is 0 Å². The Morgan fingerprint density at radius 3 is 2.58 bits per heavy atom. The van der Waals surface area contributed by atoms with Crippen molar-refractivity contribution in [2.75, 3.05) is 0 Å². The second kappa shape index (κ2) is 5.23. The molecule has 0 spiro atoms. The van der Waals surface area contributed by atoms with Gasteiger partial charge >= 0.3 is 0 Å². The summed E-state index contributed by atoms with van der Waals surface area (Å²) in [6.07, 6.45) is 0. The van der Waals surface area contributed by atoms with Crippen LogP contribution in [0.1, 0.15) is 36.9 Å². The van der Waals surface area contributed by atoms with Gasteiger partial charge in [0, 0.05) is 7.05 Å². The first kappa shape index (κ1) is 15.0. The predicted octanol–water partition coefficient (Wildman–Crippen LogP) is 2.98. The van der Waals surface area contributed by atoms with Gasteiger partial charge in [-0.15, -0.1) is 10.2 Å². The Morgan fingerprint density at radius 1 is 1.17 bits per heavy atom. The van der Waals surface area contributed by atoms with Gasteiger partial charge in [0.1, 0.15) is 11.5 Å². The van der Waals surface area contributed by atoms with Crippen LogP contribution >= 0.6 is 11.3 Å². The first-order chi connectivity index (χ1) is 11.5. The monoisotopic (exact) mass is 343 g/mol. The molecular weight excluding hydrogens is 326 g/mol. The highest BCUT2D eigenvalue weighted by atomic mass is 32.1. The van der Waals surface area contributed by atoms with E-state index in [0.29, 0.717) is 11.7 Å². The molecule has 0 aliphatic rings. The van der Waals surface area contributed by atoms with E-state index < -0.39 is 0 Å². The molecule has 0 bridgehead atoms. The molecule has 4 aromatic rings. The number of rotatable bonds is 3. The summed E-state index contributed by atoms with van der Waals surface area (Å²) in [5, 5.41) is 22.6. The molecule has 0 fully saturated rings. The second-order valence-corrected chi connectivity index (χ2v) is 7.01. The zero-order valence-electron chi connectivity index (χ0n) is 14.1. The molecular formula is C15H17N7OS. The van der Waals surface area contributed by atoms with E-state index in [2.05, 4.69) is 39.4 Å². The van der Waals surface area contributed by atoms with Crippen LogP contribution in [0.2, 0.25) is 0 Å². The van der Waals surface area contributed by atoms with Crippen molar-refractivity contribution in [1.29, 1.82) is 0 Å². The van der Waals surface area contributed by atoms with Gasteiger partial charge in [0.05, 0.1) is 17.0 Å². The summed E-state index contributed by atoms with van der Waals surface area (Å²) in [7, 11) is 1.91. The number of hydrogen-bond donors (Lipinski definition) is 0. The van der Waals surface area contributed by atoms with Crippen molar-refractivity contribution >= 4 is 16.3 Å². The largest absolute Gasteiger partial charge is 0.361 e. The van der Waals surface area contributed by atoms with Crippen LogP contribution in [0.3, 0.4) is 0 Å². The molecule has 0 saturated carbocycles.